The quantitative estimate of drug-likeness (QED) is 0.621. The number of amides is 2. The van der Waals surface area contributed by atoms with Crippen molar-refractivity contribution in [3.8, 4) is 0 Å². The van der Waals surface area contributed by atoms with Gasteiger partial charge in [0.1, 0.15) is 0 Å². The molecule has 9 heteroatoms. The van der Waals surface area contributed by atoms with Crippen molar-refractivity contribution in [1.29, 1.82) is 0 Å². The Kier molecular flexibility index (Phi) is 7.32. The maximum absolute atomic E-state index is 13.3. The minimum atomic E-state index is -3.84. The summed E-state index contributed by atoms with van der Waals surface area (Å²) in [6.45, 7) is 5.59. The molecule has 3 rings (SSSR count). The van der Waals surface area contributed by atoms with Gasteiger partial charge < -0.3 is 10.4 Å². The summed E-state index contributed by atoms with van der Waals surface area (Å²) in [4.78, 5) is 24.6. The highest BCUT2D eigenvalue weighted by molar-refractivity contribution is 7.89. The average Bonchev–Trinajstić information content (AvgIpc) is 2.78. The number of sulfonamides is 1. The summed E-state index contributed by atoms with van der Waals surface area (Å²) < 4.78 is 28.1. The fraction of sp³-hybridized carbons (Fsp3) is 0.304. The second kappa shape index (κ2) is 9.97. The average molecular weight is 458 g/mol. The summed E-state index contributed by atoms with van der Waals surface area (Å²) in [7, 11) is -3.84. The number of carboxylic acid groups (broad SMARTS) is 1. The Hall–Kier alpha value is -3.17. The van der Waals surface area contributed by atoms with Crippen molar-refractivity contribution in [3.63, 3.8) is 0 Å². The number of benzene rings is 2. The number of hydrogen-bond donors (Lipinski definition) is 2. The fourth-order valence-corrected chi connectivity index (χ4v) is 5.58. The maximum atomic E-state index is 13.3. The van der Waals surface area contributed by atoms with E-state index in [2.05, 4.69) is 11.9 Å². The first-order chi connectivity index (χ1) is 15.2. The minimum absolute atomic E-state index is 0.0368. The zero-order chi connectivity index (χ0) is 23.3. The molecule has 2 amide bonds. The van der Waals surface area contributed by atoms with Crippen molar-refractivity contribution in [3.05, 3.63) is 72.8 Å². The molecular weight excluding hydrogens is 430 g/mol. The van der Waals surface area contributed by atoms with Crippen molar-refractivity contribution in [1.82, 2.24) is 9.62 Å². The van der Waals surface area contributed by atoms with Gasteiger partial charge in [0.05, 0.1) is 11.4 Å². The maximum Gasteiger partial charge on any atom is 0.412 e. The van der Waals surface area contributed by atoms with E-state index in [0.717, 1.165) is 10.5 Å². The van der Waals surface area contributed by atoms with Crippen molar-refractivity contribution in [2.24, 2.45) is 0 Å². The Morgan fingerprint density at radius 3 is 2.56 bits per heavy atom. The molecule has 1 aliphatic rings. The van der Waals surface area contributed by atoms with Gasteiger partial charge in [-0.05, 0) is 49.6 Å². The zero-order valence-electron chi connectivity index (χ0n) is 17.8. The molecular formula is C23H27N3O5S. The highest BCUT2D eigenvalue weighted by Crippen LogP contribution is 2.28. The second-order valence-corrected chi connectivity index (χ2v) is 9.64. The van der Waals surface area contributed by atoms with E-state index in [1.54, 1.807) is 19.1 Å². The Labute approximate surface area is 188 Å². The van der Waals surface area contributed by atoms with Crippen molar-refractivity contribution >= 4 is 27.7 Å². The number of nitrogens with one attached hydrogen (secondary N) is 1. The van der Waals surface area contributed by atoms with E-state index in [9.17, 15) is 23.1 Å². The first-order valence-electron chi connectivity index (χ1n) is 10.3. The number of hydrogen-bond acceptors (Lipinski definition) is 4. The number of rotatable bonds is 7. The highest BCUT2D eigenvalue weighted by atomic mass is 32.2. The van der Waals surface area contributed by atoms with Crippen LogP contribution < -0.4 is 10.2 Å². The van der Waals surface area contributed by atoms with E-state index in [1.165, 1.54) is 22.5 Å². The normalized spacial score (nSPS) is 19.2. The first-order valence-corrected chi connectivity index (χ1v) is 11.8. The van der Waals surface area contributed by atoms with E-state index in [0.29, 0.717) is 12.8 Å². The molecule has 0 radical (unpaired) electrons. The van der Waals surface area contributed by atoms with Gasteiger partial charge in [-0.15, -0.1) is 0 Å². The largest absolute Gasteiger partial charge is 0.465 e. The van der Waals surface area contributed by atoms with Gasteiger partial charge in [-0.25, -0.2) is 13.2 Å². The lowest BCUT2D eigenvalue weighted by Gasteiger charge is -2.37. The summed E-state index contributed by atoms with van der Waals surface area (Å²) in [5, 5.41) is 12.5. The standard InChI is InChI=1S/C23H27N3O5S/c1-3-22(27)24-19-12-13-26(17(2)14-19)32(30,31)21-11-7-10-20(15-21)25(23(28)29)16-18-8-5-4-6-9-18/h3-11,15,17,19H,1,12-14,16H2,2H3,(H,24,27)(H,28,29). The molecule has 2 atom stereocenters. The minimum Gasteiger partial charge on any atom is -0.465 e. The van der Waals surface area contributed by atoms with Gasteiger partial charge in [0.25, 0.3) is 0 Å². The predicted octanol–water partition coefficient (Wildman–Crippen LogP) is 3.22. The summed E-state index contributed by atoms with van der Waals surface area (Å²) in [6.07, 6.45) is 0.991. The number of piperidine rings is 1. The number of carbonyl (C=O) groups is 2. The number of nitrogens with zero attached hydrogens (tertiary/aromatic N) is 2. The summed E-state index contributed by atoms with van der Waals surface area (Å²) in [5.41, 5.74) is 1.07. The van der Waals surface area contributed by atoms with E-state index in [4.69, 9.17) is 0 Å². The van der Waals surface area contributed by atoms with Crippen LogP contribution in [0.3, 0.4) is 0 Å². The third-order valence-corrected chi connectivity index (χ3v) is 7.51. The van der Waals surface area contributed by atoms with Crippen molar-refractivity contribution in [2.45, 2.75) is 43.3 Å². The lowest BCUT2D eigenvalue weighted by atomic mass is 10.0. The lowest BCUT2D eigenvalue weighted by Crippen LogP contribution is -2.50. The van der Waals surface area contributed by atoms with Crippen LogP contribution in [0.4, 0.5) is 10.5 Å². The lowest BCUT2D eigenvalue weighted by molar-refractivity contribution is -0.117. The Bertz CT molecular complexity index is 1090. The van der Waals surface area contributed by atoms with Gasteiger partial charge in [0, 0.05) is 24.3 Å². The van der Waals surface area contributed by atoms with E-state index < -0.39 is 16.1 Å². The molecule has 2 N–H and O–H groups in total. The van der Waals surface area contributed by atoms with Crippen LogP contribution in [0.25, 0.3) is 0 Å². The second-order valence-electron chi connectivity index (χ2n) is 7.75. The molecule has 32 heavy (non-hydrogen) atoms. The summed E-state index contributed by atoms with van der Waals surface area (Å²) in [5.74, 6) is -0.279. The Morgan fingerprint density at radius 1 is 1.22 bits per heavy atom. The number of anilines is 1. The van der Waals surface area contributed by atoms with Crippen LogP contribution in [-0.2, 0) is 21.4 Å². The fourth-order valence-electron chi connectivity index (χ4n) is 3.88. The van der Waals surface area contributed by atoms with Crippen molar-refractivity contribution < 1.29 is 23.1 Å². The molecule has 0 saturated carbocycles. The van der Waals surface area contributed by atoms with Crippen molar-refractivity contribution in [2.75, 3.05) is 11.4 Å². The van der Waals surface area contributed by atoms with Crippen LogP contribution >= 0.6 is 0 Å². The third kappa shape index (κ3) is 5.35. The van der Waals surface area contributed by atoms with E-state index in [-0.39, 0.29) is 41.7 Å². The first kappa shape index (κ1) is 23.5. The summed E-state index contributed by atoms with van der Waals surface area (Å²) in [6, 6.07) is 14.6. The predicted molar refractivity (Wildman–Crippen MR) is 122 cm³/mol. The van der Waals surface area contributed by atoms with Gasteiger partial charge in [-0.1, -0.05) is 43.0 Å². The molecule has 1 saturated heterocycles. The van der Waals surface area contributed by atoms with Gasteiger partial charge in [0.15, 0.2) is 0 Å². The monoisotopic (exact) mass is 457 g/mol. The topological polar surface area (TPSA) is 107 Å². The van der Waals surface area contributed by atoms with E-state index in [1.807, 2.05) is 30.3 Å². The van der Waals surface area contributed by atoms with Crippen LogP contribution in [0.15, 0.2) is 72.1 Å². The van der Waals surface area contributed by atoms with Gasteiger partial charge in [0.2, 0.25) is 15.9 Å². The molecule has 0 aliphatic carbocycles. The Morgan fingerprint density at radius 2 is 1.94 bits per heavy atom. The van der Waals surface area contributed by atoms with Crippen LogP contribution in [0.2, 0.25) is 0 Å². The SMILES string of the molecule is C=CC(=O)NC1CCN(S(=O)(=O)c2cccc(N(Cc3ccccc3)C(=O)O)c2)C(C)C1. The molecule has 2 aromatic rings. The molecule has 8 nitrogen and oxygen atoms in total. The molecule has 0 spiro atoms. The molecule has 170 valence electrons. The molecule has 2 unspecified atom stereocenters. The third-order valence-electron chi connectivity index (χ3n) is 5.50. The van der Waals surface area contributed by atoms with Crippen LogP contribution in [0.5, 0.6) is 0 Å². The smallest absolute Gasteiger partial charge is 0.412 e. The van der Waals surface area contributed by atoms with Crippen LogP contribution in [-0.4, -0.2) is 48.5 Å². The van der Waals surface area contributed by atoms with Gasteiger partial charge >= 0.3 is 6.09 Å². The zero-order valence-corrected chi connectivity index (χ0v) is 18.7. The molecule has 1 aliphatic heterocycles. The molecule has 0 aromatic heterocycles. The summed E-state index contributed by atoms with van der Waals surface area (Å²) >= 11 is 0. The molecule has 0 bridgehead atoms. The molecule has 2 aromatic carbocycles. The number of carbonyl (C=O) groups excluding carboxylic acids is 1. The van der Waals surface area contributed by atoms with Gasteiger partial charge in [-0.2, -0.15) is 4.31 Å². The molecule has 1 fully saturated rings. The van der Waals surface area contributed by atoms with E-state index >= 15 is 0 Å². The highest BCUT2D eigenvalue weighted by Gasteiger charge is 2.35. The Balaban J connectivity index is 1.82. The molecule has 1 heterocycles. The van der Waals surface area contributed by atoms with Crippen LogP contribution in [0, 0.1) is 0 Å². The van der Waals surface area contributed by atoms with Crippen LogP contribution in [0.1, 0.15) is 25.3 Å². The van der Waals surface area contributed by atoms with Gasteiger partial charge in [-0.3, -0.25) is 9.69 Å².